The molecular formula is C15H18FNO3S2. The lowest BCUT2D eigenvalue weighted by molar-refractivity contribution is -0.136. The Bertz CT molecular complexity index is 550. The highest BCUT2D eigenvalue weighted by Crippen LogP contribution is 2.42. The molecule has 0 atom stereocenters. The van der Waals surface area contributed by atoms with Crippen molar-refractivity contribution in [2.45, 2.75) is 25.2 Å². The van der Waals surface area contributed by atoms with Crippen molar-refractivity contribution in [2.75, 3.05) is 18.1 Å². The number of nitrogens with one attached hydrogen (secondary N) is 1. The van der Waals surface area contributed by atoms with E-state index in [4.69, 9.17) is 5.11 Å². The second-order valence-corrected chi connectivity index (χ2v) is 7.72. The first-order chi connectivity index (χ1) is 10.6. The summed E-state index contributed by atoms with van der Waals surface area (Å²) < 4.78 is 13.9. The lowest BCUT2D eigenvalue weighted by Crippen LogP contribution is -2.27. The molecule has 0 aliphatic heterocycles. The molecule has 1 fully saturated rings. The highest BCUT2D eigenvalue weighted by Gasteiger charge is 2.29. The molecule has 2 N–H and O–H groups in total. The number of amides is 1. The summed E-state index contributed by atoms with van der Waals surface area (Å²) in [7, 11) is 2.97. The number of hydrogen-bond acceptors (Lipinski definition) is 4. The molecule has 0 aromatic heterocycles. The van der Waals surface area contributed by atoms with Gasteiger partial charge in [-0.25, -0.2) is 4.39 Å². The lowest BCUT2D eigenvalue weighted by atomic mass is 10.0. The van der Waals surface area contributed by atoms with Gasteiger partial charge in [-0.15, -0.1) is 0 Å². The monoisotopic (exact) mass is 343 g/mol. The van der Waals surface area contributed by atoms with E-state index >= 15 is 0 Å². The van der Waals surface area contributed by atoms with Crippen molar-refractivity contribution in [3.8, 4) is 0 Å². The van der Waals surface area contributed by atoms with Crippen LogP contribution >= 0.6 is 21.6 Å². The lowest BCUT2D eigenvalue weighted by Gasteiger charge is -2.10. The van der Waals surface area contributed by atoms with Gasteiger partial charge in [0, 0.05) is 18.1 Å². The van der Waals surface area contributed by atoms with Crippen molar-refractivity contribution >= 4 is 33.5 Å². The molecule has 0 spiro atoms. The highest BCUT2D eigenvalue weighted by atomic mass is 33.1. The molecule has 2 rings (SSSR count). The van der Waals surface area contributed by atoms with Crippen LogP contribution in [-0.4, -0.2) is 35.0 Å². The Kier molecular flexibility index (Phi) is 6.57. The average Bonchev–Trinajstić information content (AvgIpc) is 3.30. The number of halogens is 1. The summed E-state index contributed by atoms with van der Waals surface area (Å²) in [5, 5.41) is 11.2. The zero-order valence-electron chi connectivity index (χ0n) is 12.0. The second kappa shape index (κ2) is 8.43. The molecule has 1 saturated carbocycles. The summed E-state index contributed by atoms with van der Waals surface area (Å²) in [4.78, 5) is 22.5. The van der Waals surface area contributed by atoms with Crippen LogP contribution in [0, 0.1) is 5.82 Å². The van der Waals surface area contributed by atoms with E-state index in [1.165, 1.54) is 27.7 Å². The molecule has 120 valence electrons. The Hall–Kier alpha value is -1.21. The van der Waals surface area contributed by atoms with Crippen LogP contribution in [0.4, 0.5) is 4.39 Å². The van der Waals surface area contributed by atoms with E-state index in [2.05, 4.69) is 5.32 Å². The standard InChI is InChI=1S/C15H18FNO3S2/c16-12-3-1-2-11(10-4-5-10)14(12)15(20)17-7-9-22-21-8-6-13(18)19/h1-3,10H,4-9H2,(H,17,20)(H,18,19). The Labute approximate surface area is 136 Å². The molecule has 1 amide bonds. The topological polar surface area (TPSA) is 66.4 Å². The van der Waals surface area contributed by atoms with Crippen molar-refractivity contribution in [1.82, 2.24) is 5.32 Å². The fourth-order valence-electron chi connectivity index (χ4n) is 2.06. The first kappa shape index (κ1) is 17.1. The number of benzene rings is 1. The van der Waals surface area contributed by atoms with E-state index < -0.39 is 11.8 Å². The minimum atomic E-state index is -0.812. The van der Waals surface area contributed by atoms with Gasteiger partial charge in [-0.1, -0.05) is 33.7 Å². The predicted octanol–water partition coefficient (Wildman–Crippen LogP) is 3.29. The normalized spacial score (nSPS) is 13.9. The van der Waals surface area contributed by atoms with Crippen LogP contribution in [0.3, 0.4) is 0 Å². The van der Waals surface area contributed by atoms with Gasteiger partial charge < -0.3 is 10.4 Å². The molecule has 0 heterocycles. The third kappa shape index (κ3) is 5.21. The first-order valence-corrected chi connectivity index (χ1v) is 9.61. The van der Waals surface area contributed by atoms with Gasteiger partial charge in [-0.05, 0) is 30.4 Å². The van der Waals surface area contributed by atoms with E-state index in [1.54, 1.807) is 6.07 Å². The van der Waals surface area contributed by atoms with Crippen LogP contribution in [-0.2, 0) is 4.79 Å². The Morgan fingerprint density at radius 3 is 2.68 bits per heavy atom. The van der Waals surface area contributed by atoms with Crippen molar-refractivity contribution < 1.29 is 19.1 Å². The van der Waals surface area contributed by atoms with Gasteiger partial charge in [-0.3, -0.25) is 9.59 Å². The number of carboxylic acid groups (broad SMARTS) is 1. The quantitative estimate of drug-likeness (QED) is 0.532. The number of rotatable bonds is 9. The third-order valence-corrected chi connectivity index (χ3v) is 5.65. The predicted molar refractivity (Wildman–Crippen MR) is 87.9 cm³/mol. The van der Waals surface area contributed by atoms with Crippen LogP contribution in [0.15, 0.2) is 18.2 Å². The Morgan fingerprint density at radius 1 is 1.27 bits per heavy atom. The van der Waals surface area contributed by atoms with Gasteiger partial charge >= 0.3 is 5.97 Å². The van der Waals surface area contributed by atoms with Gasteiger partial charge in [-0.2, -0.15) is 0 Å². The molecule has 1 aliphatic rings. The van der Waals surface area contributed by atoms with Crippen molar-refractivity contribution in [1.29, 1.82) is 0 Å². The van der Waals surface area contributed by atoms with Crippen LogP contribution in [0.2, 0.25) is 0 Å². The largest absolute Gasteiger partial charge is 0.481 e. The summed E-state index contributed by atoms with van der Waals surface area (Å²) in [5.74, 6) is -0.136. The van der Waals surface area contributed by atoms with Crippen LogP contribution < -0.4 is 5.32 Å². The summed E-state index contributed by atoms with van der Waals surface area (Å²) in [5.41, 5.74) is 0.981. The first-order valence-electron chi connectivity index (χ1n) is 7.12. The van der Waals surface area contributed by atoms with Crippen molar-refractivity contribution in [3.05, 3.63) is 35.1 Å². The maximum Gasteiger partial charge on any atom is 0.304 e. The summed E-state index contributed by atoms with van der Waals surface area (Å²) >= 11 is 0. The number of carboxylic acids is 1. The average molecular weight is 343 g/mol. The highest BCUT2D eigenvalue weighted by molar-refractivity contribution is 8.76. The fraction of sp³-hybridized carbons (Fsp3) is 0.467. The number of aliphatic carboxylic acids is 1. The Balaban J connectivity index is 1.75. The van der Waals surface area contributed by atoms with Gasteiger partial charge in [0.15, 0.2) is 0 Å². The van der Waals surface area contributed by atoms with Gasteiger partial charge in [0.25, 0.3) is 5.91 Å². The van der Waals surface area contributed by atoms with Crippen LogP contribution in [0.5, 0.6) is 0 Å². The number of carbonyl (C=O) groups excluding carboxylic acids is 1. The van der Waals surface area contributed by atoms with Crippen molar-refractivity contribution in [2.24, 2.45) is 0 Å². The molecule has 0 saturated heterocycles. The van der Waals surface area contributed by atoms with Crippen molar-refractivity contribution in [3.63, 3.8) is 0 Å². The zero-order chi connectivity index (χ0) is 15.9. The maximum atomic E-state index is 13.9. The molecule has 4 nitrogen and oxygen atoms in total. The second-order valence-electron chi connectivity index (χ2n) is 5.02. The molecule has 0 bridgehead atoms. The molecule has 1 aromatic rings. The maximum absolute atomic E-state index is 13.9. The Morgan fingerprint density at radius 2 is 2.00 bits per heavy atom. The SMILES string of the molecule is O=C(O)CCSSCCNC(=O)c1c(F)cccc1C1CC1. The summed E-state index contributed by atoms with van der Waals surface area (Å²) in [6.45, 7) is 0.433. The van der Waals surface area contributed by atoms with Crippen LogP contribution in [0.25, 0.3) is 0 Å². The molecule has 7 heteroatoms. The summed E-state index contributed by atoms with van der Waals surface area (Å²) in [6.07, 6.45) is 2.16. The zero-order valence-corrected chi connectivity index (χ0v) is 13.6. The van der Waals surface area contributed by atoms with Gasteiger partial charge in [0.05, 0.1) is 12.0 Å². The minimum Gasteiger partial charge on any atom is -0.481 e. The van der Waals surface area contributed by atoms with E-state index in [-0.39, 0.29) is 17.9 Å². The minimum absolute atomic E-state index is 0.129. The molecular weight excluding hydrogens is 325 g/mol. The van der Waals surface area contributed by atoms with E-state index in [1.807, 2.05) is 6.07 Å². The fourth-order valence-corrected chi connectivity index (χ4v) is 3.94. The van der Waals surface area contributed by atoms with E-state index in [0.717, 1.165) is 18.4 Å². The van der Waals surface area contributed by atoms with Crippen LogP contribution in [0.1, 0.15) is 41.1 Å². The molecule has 1 aromatic carbocycles. The number of carbonyl (C=O) groups is 2. The number of hydrogen-bond donors (Lipinski definition) is 2. The summed E-state index contributed by atoms with van der Waals surface area (Å²) in [6, 6.07) is 4.79. The smallest absolute Gasteiger partial charge is 0.304 e. The molecule has 1 aliphatic carbocycles. The molecule has 0 unspecified atom stereocenters. The molecule has 0 radical (unpaired) electrons. The van der Waals surface area contributed by atoms with E-state index in [0.29, 0.717) is 24.0 Å². The third-order valence-electron chi connectivity index (χ3n) is 3.24. The van der Waals surface area contributed by atoms with E-state index in [9.17, 15) is 14.0 Å². The van der Waals surface area contributed by atoms with Gasteiger partial charge in [0.2, 0.25) is 0 Å². The van der Waals surface area contributed by atoms with Gasteiger partial charge in [0.1, 0.15) is 5.82 Å². The molecule has 22 heavy (non-hydrogen) atoms.